The first-order valence-corrected chi connectivity index (χ1v) is 8.90. The van der Waals surface area contributed by atoms with E-state index in [0.29, 0.717) is 6.54 Å². The van der Waals surface area contributed by atoms with Gasteiger partial charge < -0.3 is 9.67 Å². The summed E-state index contributed by atoms with van der Waals surface area (Å²) in [7, 11) is 0. The van der Waals surface area contributed by atoms with E-state index in [4.69, 9.17) is 4.99 Å². The van der Waals surface area contributed by atoms with E-state index in [1.165, 1.54) is 16.0 Å². The van der Waals surface area contributed by atoms with Gasteiger partial charge in [-0.1, -0.05) is 23.8 Å². The molecule has 0 spiro atoms. The third-order valence-electron chi connectivity index (χ3n) is 3.46. The Morgan fingerprint density at radius 2 is 2.05 bits per heavy atom. The van der Waals surface area contributed by atoms with Crippen molar-refractivity contribution in [1.82, 2.24) is 4.57 Å². The summed E-state index contributed by atoms with van der Waals surface area (Å²) in [6.07, 6.45) is 0. The van der Waals surface area contributed by atoms with Gasteiger partial charge in [0.25, 0.3) is 0 Å². The molecule has 5 heteroatoms. The summed E-state index contributed by atoms with van der Waals surface area (Å²) >= 11 is 3.32. The molecule has 0 saturated heterocycles. The molecule has 0 saturated carbocycles. The fourth-order valence-corrected chi connectivity index (χ4v) is 4.16. The normalized spacial score (nSPS) is 12.0. The summed E-state index contributed by atoms with van der Waals surface area (Å²) in [5.41, 5.74) is 4.51. The van der Waals surface area contributed by atoms with Gasteiger partial charge in [0, 0.05) is 11.9 Å². The van der Waals surface area contributed by atoms with Gasteiger partial charge in [-0.15, -0.1) is 22.7 Å². The molecule has 2 aromatic heterocycles. The van der Waals surface area contributed by atoms with E-state index in [1.807, 2.05) is 6.07 Å². The van der Waals surface area contributed by atoms with Gasteiger partial charge in [0.1, 0.15) is 0 Å². The molecular weight excluding hydrogens is 312 g/mol. The van der Waals surface area contributed by atoms with Crippen LogP contribution in [-0.2, 0) is 6.54 Å². The molecule has 0 aliphatic rings. The van der Waals surface area contributed by atoms with Gasteiger partial charge in [0.2, 0.25) is 0 Å². The summed E-state index contributed by atoms with van der Waals surface area (Å²) < 4.78 is 2.09. The number of nitrogens with zero attached hydrogens (tertiary/aromatic N) is 2. The summed E-state index contributed by atoms with van der Waals surface area (Å²) in [5, 5.41) is 13.6. The maximum atomic E-state index is 9.39. The highest BCUT2D eigenvalue weighted by Crippen LogP contribution is 2.26. The molecule has 3 rings (SSSR count). The molecule has 0 bridgehead atoms. The molecule has 1 aromatic carbocycles. The van der Waals surface area contributed by atoms with E-state index >= 15 is 0 Å². The average Bonchev–Trinajstić information content (AvgIpc) is 3.12. The minimum atomic E-state index is 0.106. The third-order valence-corrected chi connectivity index (χ3v) is 5.22. The highest BCUT2D eigenvalue weighted by atomic mass is 32.1. The molecule has 0 unspecified atom stereocenters. The molecule has 0 aliphatic heterocycles. The first-order valence-electron chi connectivity index (χ1n) is 7.14. The number of hydrogen-bond donors (Lipinski definition) is 1. The van der Waals surface area contributed by atoms with Crippen LogP contribution in [0, 0.1) is 13.8 Å². The van der Waals surface area contributed by atoms with Crippen LogP contribution in [0.1, 0.15) is 11.1 Å². The van der Waals surface area contributed by atoms with E-state index in [9.17, 15) is 5.11 Å². The zero-order valence-corrected chi connectivity index (χ0v) is 14.2. The van der Waals surface area contributed by atoms with Crippen LogP contribution in [0.25, 0.3) is 10.6 Å². The molecule has 22 heavy (non-hydrogen) atoms. The van der Waals surface area contributed by atoms with Crippen LogP contribution < -0.4 is 4.80 Å². The quantitative estimate of drug-likeness (QED) is 0.768. The molecule has 0 aliphatic carbocycles. The number of benzene rings is 1. The number of aliphatic hydroxyl groups excluding tert-OH is 1. The van der Waals surface area contributed by atoms with Crippen molar-refractivity contribution in [3.63, 3.8) is 0 Å². The van der Waals surface area contributed by atoms with Crippen molar-refractivity contribution in [3.8, 4) is 10.6 Å². The third kappa shape index (κ3) is 3.06. The lowest BCUT2D eigenvalue weighted by atomic mass is 10.1. The molecule has 0 radical (unpaired) electrons. The molecular formula is C17H18N2OS2. The Hall–Kier alpha value is -1.69. The maximum absolute atomic E-state index is 9.39. The highest BCUT2D eigenvalue weighted by Gasteiger charge is 2.09. The van der Waals surface area contributed by atoms with Gasteiger partial charge in [-0.05, 0) is 36.9 Å². The van der Waals surface area contributed by atoms with E-state index in [-0.39, 0.29) is 6.61 Å². The second-order valence-electron chi connectivity index (χ2n) is 5.16. The molecule has 2 heterocycles. The van der Waals surface area contributed by atoms with E-state index in [1.54, 1.807) is 22.7 Å². The summed E-state index contributed by atoms with van der Waals surface area (Å²) in [4.78, 5) is 6.93. The first-order chi connectivity index (χ1) is 10.7. The Morgan fingerprint density at radius 1 is 1.18 bits per heavy atom. The van der Waals surface area contributed by atoms with Crippen molar-refractivity contribution < 1.29 is 5.11 Å². The van der Waals surface area contributed by atoms with E-state index < -0.39 is 0 Å². The fourth-order valence-electron chi connectivity index (χ4n) is 2.39. The Kier molecular flexibility index (Phi) is 4.57. The molecule has 3 nitrogen and oxygen atoms in total. The summed E-state index contributed by atoms with van der Waals surface area (Å²) in [6.45, 7) is 4.83. The molecule has 114 valence electrons. The monoisotopic (exact) mass is 330 g/mol. The standard InChI is InChI=1S/C17H18N2OS2/c1-12-5-6-14(13(2)10-12)18-17-19(7-8-20)15(11-22-17)16-4-3-9-21-16/h3-6,9-11,20H,7-8H2,1-2H3. The molecule has 1 N–H and O–H groups in total. The van der Waals surface area contributed by atoms with Crippen LogP contribution in [0.5, 0.6) is 0 Å². The number of aryl methyl sites for hydroxylation is 2. The molecule has 0 atom stereocenters. The van der Waals surface area contributed by atoms with Crippen LogP contribution in [0.4, 0.5) is 5.69 Å². The smallest absolute Gasteiger partial charge is 0.190 e. The minimum Gasteiger partial charge on any atom is -0.395 e. The second kappa shape index (κ2) is 6.60. The van der Waals surface area contributed by atoms with Crippen molar-refractivity contribution >= 4 is 28.4 Å². The lowest BCUT2D eigenvalue weighted by Gasteiger charge is -2.06. The predicted molar refractivity (Wildman–Crippen MR) is 93.8 cm³/mol. The van der Waals surface area contributed by atoms with Crippen molar-refractivity contribution in [1.29, 1.82) is 0 Å². The summed E-state index contributed by atoms with van der Waals surface area (Å²) in [6, 6.07) is 10.4. The number of aromatic nitrogens is 1. The van der Waals surface area contributed by atoms with Crippen molar-refractivity contribution in [3.05, 3.63) is 57.0 Å². The van der Waals surface area contributed by atoms with Gasteiger partial charge in [-0.2, -0.15) is 0 Å². The molecule has 0 fully saturated rings. The summed E-state index contributed by atoms with van der Waals surface area (Å²) in [5.74, 6) is 0. The maximum Gasteiger partial charge on any atom is 0.190 e. The number of hydrogen-bond acceptors (Lipinski definition) is 4. The van der Waals surface area contributed by atoms with Gasteiger partial charge in [-0.3, -0.25) is 0 Å². The van der Waals surface area contributed by atoms with Crippen molar-refractivity contribution in [2.75, 3.05) is 6.61 Å². The van der Waals surface area contributed by atoms with Gasteiger partial charge >= 0.3 is 0 Å². The van der Waals surface area contributed by atoms with Crippen LogP contribution in [-0.4, -0.2) is 16.3 Å². The Labute approximate surface area is 137 Å². The van der Waals surface area contributed by atoms with Gasteiger partial charge in [0.15, 0.2) is 4.80 Å². The minimum absolute atomic E-state index is 0.106. The number of rotatable bonds is 4. The van der Waals surface area contributed by atoms with Crippen LogP contribution in [0.3, 0.4) is 0 Å². The number of thiazole rings is 1. The molecule has 0 amide bonds. The molecule has 3 aromatic rings. The van der Waals surface area contributed by atoms with Gasteiger partial charge in [-0.25, -0.2) is 4.99 Å². The van der Waals surface area contributed by atoms with Crippen molar-refractivity contribution in [2.45, 2.75) is 20.4 Å². The topological polar surface area (TPSA) is 37.5 Å². The Bertz CT molecular complexity index is 829. The van der Waals surface area contributed by atoms with Crippen LogP contribution >= 0.6 is 22.7 Å². The number of thiophene rings is 1. The average molecular weight is 330 g/mol. The highest BCUT2D eigenvalue weighted by molar-refractivity contribution is 7.14. The van der Waals surface area contributed by atoms with E-state index in [2.05, 4.69) is 53.4 Å². The lowest BCUT2D eigenvalue weighted by molar-refractivity contribution is 0.275. The largest absolute Gasteiger partial charge is 0.395 e. The second-order valence-corrected chi connectivity index (χ2v) is 6.94. The van der Waals surface area contributed by atoms with Gasteiger partial charge in [0.05, 0.1) is 22.9 Å². The first kappa shape index (κ1) is 15.2. The van der Waals surface area contributed by atoms with Crippen LogP contribution in [0.15, 0.2) is 46.1 Å². The Morgan fingerprint density at radius 3 is 2.73 bits per heavy atom. The zero-order chi connectivity index (χ0) is 15.5. The lowest BCUT2D eigenvalue weighted by Crippen LogP contribution is -2.17. The Balaban J connectivity index is 2.12. The number of aliphatic hydroxyl groups is 1. The predicted octanol–water partition coefficient (Wildman–Crippen LogP) is 4.12. The SMILES string of the molecule is Cc1ccc(N=c2scc(-c3cccs3)n2CCO)c(C)c1. The van der Waals surface area contributed by atoms with Crippen LogP contribution in [0.2, 0.25) is 0 Å². The van der Waals surface area contributed by atoms with Crippen molar-refractivity contribution in [2.24, 2.45) is 4.99 Å². The fraction of sp³-hybridized carbons (Fsp3) is 0.235. The van der Waals surface area contributed by atoms with E-state index in [0.717, 1.165) is 16.2 Å². The zero-order valence-electron chi connectivity index (χ0n) is 12.6.